The predicted molar refractivity (Wildman–Crippen MR) is 95.8 cm³/mol. The largest absolute Gasteiger partial charge is 0.339 e. The molecule has 1 aliphatic heterocycles. The van der Waals surface area contributed by atoms with E-state index in [1.54, 1.807) is 11.8 Å². The first kappa shape index (κ1) is 18.5. The van der Waals surface area contributed by atoms with Gasteiger partial charge in [-0.15, -0.1) is 0 Å². The Morgan fingerprint density at radius 2 is 1.62 bits per heavy atom. The Balaban J connectivity index is 1.84. The van der Waals surface area contributed by atoms with E-state index < -0.39 is 0 Å². The van der Waals surface area contributed by atoms with E-state index in [1.165, 1.54) is 5.56 Å². The van der Waals surface area contributed by atoms with Crippen molar-refractivity contribution in [1.29, 1.82) is 0 Å². The summed E-state index contributed by atoms with van der Waals surface area (Å²) in [5.74, 6) is 0.187. The van der Waals surface area contributed by atoms with E-state index in [9.17, 15) is 9.59 Å². The lowest BCUT2D eigenvalue weighted by molar-refractivity contribution is -0.137. The third-order valence-electron chi connectivity index (χ3n) is 5.24. The maximum absolute atomic E-state index is 12.4. The molecule has 1 N–H and O–H groups in total. The topological polar surface area (TPSA) is 52.7 Å². The summed E-state index contributed by atoms with van der Waals surface area (Å²) in [5, 5.41) is 3.38. The van der Waals surface area contributed by atoms with Gasteiger partial charge in [0.2, 0.25) is 11.8 Å². The molecule has 1 aromatic carbocycles. The summed E-state index contributed by atoms with van der Waals surface area (Å²) in [7, 11) is 0. The van der Waals surface area contributed by atoms with Gasteiger partial charge in [-0.05, 0) is 12.5 Å². The molecule has 1 aromatic rings. The first-order chi connectivity index (χ1) is 11.3. The van der Waals surface area contributed by atoms with Crippen LogP contribution < -0.4 is 5.32 Å². The number of amides is 2. The number of hydrogen-bond donors (Lipinski definition) is 1. The fraction of sp³-hybridized carbons (Fsp3) is 0.579. The molecule has 0 saturated carbocycles. The van der Waals surface area contributed by atoms with Gasteiger partial charge in [-0.25, -0.2) is 0 Å². The third kappa shape index (κ3) is 4.35. The van der Waals surface area contributed by atoms with Crippen LogP contribution in [0.4, 0.5) is 0 Å². The molecule has 1 saturated heterocycles. The van der Waals surface area contributed by atoms with Crippen molar-refractivity contribution < 1.29 is 9.59 Å². The number of piperazine rings is 1. The average Bonchev–Trinajstić information content (AvgIpc) is 2.60. The highest BCUT2D eigenvalue weighted by Gasteiger charge is 2.29. The second kappa shape index (κ2) is 7.79. The van der Waals surface area contributed by atoms with Crippen LogP contribution >= 0.6 is 0 Å². The van der Waals surface area contributed by atoms with Gasteiger partial charge in [-0.3, -0.25) is 9.59 Å². The molecule has 1 unspecified atom stereocenters. The minimum absolute atomic E-state index is 0.0606. The number of nitrogens with zero attached hydrogens (tertiary/aromatic N) is 2. The number of carbonyl (C=O) groups excluding carboxylic acids is 2. The Hall–Kier alpha value is -1.88. The lowest BCUT2D eigenvalue weighted by Crippen LogP contribution is -2.53. The maximum Gasteiger partial charge on any atom is 0.236 e. The lowest BCUT2D eigenvalue weighted by Gasteiger charge is -2.36. The van der Waals surface area contributed by atoms with Gasteiger partial charge in [0.05, 0.1) is 6.54 Å². The zero-order chi connectivity index (χ0) is 17.7. The lowest BCUT2D eigenvalue weighted by atomic mass is 9.78. The first-order valence-electron chi connectivity index (χ1n) is 8.64. The van der Waals surface area contributed by atoms with E-state index in [4.69, 9.17) is 0 Å². The molecular formula is C19H29N3O2. The second-order valence-electron chi connectivity index (χ2n) is 7.08. The van der Waals surface area contributed by atoms with Crippen molar-refractivity contribution in [3.8, 4) is 0 Å². The number of hydrogen-bond acceptors (Lipinski definition) is 3. The van der Waals surface area contributed by atoms with Gasteiger partial charge in [0.15, 0.2) is 0 Å². The maximum atomic E-state index is 12.4. The molecule has 2 rings (SSSR count). The van der Waals surface area contributed by atoms with Crippen LogP contribution in [-0.2, 0) is 15.0 Å². The summed E-state index contributed by atoms with van der Waals surface area (Å²) >= 11 is 0. The van der Waals surface area contributed by atoms with Crippen LogP contribution in [0.25, 0.3) is 0 Å². The molecule has 0 radical (unpaired) electrons. The number of rotatable bonds is 5. The van der Waals surface area contributed by atoms with Crippen molar-refractivity contribution in [2.75, 3.05) is 32.7 Å². The van der Waals surface area contributed by atoms with Crippen molar-refractivity contribution in [1.82, 2.24) is 15.1 Å². The molecule has 1 fully saturated rings. The highest BCUT2D eigenvalue weighted by Crippen LogP contribution is 2.26. The van der Waals surface area contributed by atoms with E-state index in [0.717, 1.165) is 0 Å². The number of nitrogens with one attached hydrogen (secondary N) is 1. The summed E-state index contributed by atoms with van der Waals surface area (Å²) < 4.78 is 0. The Morgan fingerprint density at radius 3 is 2.17 bits per heavy atom. The molecule has 1 atom stereocenters. The molecule has 0 aromatic heterocycles. The molecule has 0 spiro atoms. The smallest absolute Gasteiger partial charge is 0.236 e. The van der Waals surface area contributed by atoms with Crippen LogP contribution in [0.1, 0.15) is 33.3 Å². The van der Waals surface area contributed by atoms with Gasteiger partial charge in [-0.1, -0.05) is 44.2 Å². The Labute approximate surface area is 145 Å². The summed E-state index contributed by atoms with van der Waals surface area (Å²) in [5.41, 5.74) is 1.20. The molecule has 0 bridgehead atoms. The van der Waals surface area contributed by atoms with Gasteiger partial charge >= 0.3 is 0 Å². The van der Waals surface area contributed by atoms with Gasteiger partial charge in [0, 0.05) is 44.6 Å². The summed E-state index contributed by atoms with van der Waals surface area (Å²) in [6, 6.07) is 10.5. The van der Waals surface area contributed by atoms with E-state index in [2.05, 4.69) is 38.2 Å². The fourth-order valence-corrected chi connectivity index (χ4v) is 3.00. The van der Waals surface area contributed by atoms with Gasteiger partial charge in [0.1, 0.15) is 0 Å². The molecular weight excluding hydrogens is 302 g/mol. The zero-order valence-corrected chi connectivity index (χ0v) is 15.2. The summed E-state index contributed by atoms with van der Waals surface area (Å²) in [6.07, 6.45) is 0. The monoisotopic (exact) mass is 331 g/mol. The van der Waals surface area contributed by atoms with Crippen molar-refractivity contribution in [3.05, 3.63) is 35.9 Å². The van der Waals surface area contributed by atoms with Gasteiger partial charge in [0.25, 0.3) is 0 Å². The number of carbonyl (C=O) groups is 2. The zero-order valence-electron chi connectivity index (χ0n) is 15.2. The van der Waals surface area contributed by atoms with Crippen molar-refractivity contribution in [2.24, 2.45) is 0 Å². The molecule has 0 aliphatic carbocycles. The quantitative estimate of drug-likeness (QED) is 0.892. The first-order valence-corrected chi connectivity index (χ1v) is 8.64. The van der Waals surface area contributed by atoms with Crippen LogP contribution in [0.5, 0.6) is 0 Å². The predicted octanol–water partition coefficient (Wildman–Crippen LogP) is 1.63. The van der Waals surface area contributed by atoms with Crippen LogP contribution in [0.2, 0.25) is 0 Å². The standard InChI is InChI=1S/C19H29N3O2/c1-15(19(3,4)17-8-6-5-7-9-17)20-14-18(24)22-12-10-21(11-13-22)16(2)23/h5-9,15,20H,10-14H2,1-4H3. The van der Waals surface area contributed by atoms with Gasteiger partial charge < -0.3 is 15.1 Å². The summed E-state index contributed by atoms with van der Waals surface area (Å²) in [6.45, 7) is 10.9. The minimum atomic E-state index is -0.0606. The SMILES string of the molecule is CC(=O)N1CCN(C(=O)CNC(C)C(C)(C)c2ccccc2)CC1. The average molecular weight is 331 g/mol. The van der Waals surface area contributed by atoms with Crippen molar-refractivity contribution in [3.63, 3.8) is 0 Å². The molecule has 132 valence electrons. The highest BCUT2D eigenvalue weighted by atomic mass is 16.2. The molecule has 5 nitrogen and oxygen atoms in total. The highest BCUT2D eigenvalue weighted by molar-refractivity contribution is 5.79. The molecule has 1 heterocycles. The van der Waals surface area contributed by atoms with E-state index in [0.29, 0.717) is 32.7 Å². The van der Waals surface area contributed by atoms with E-state index >= 15 is 0 Å². The molecule has 2 amide bonds. The van der Waals surface area contributed by atoms with E-state index in [1.807, 2.05) is 23.1 Å². The normalized spacial score (nSPS) is 16.8. The molecule has 24 heavy (non-hydrogen) atoms. The van der Waals surface area contributed by atoms with Crippen LogP contribution in [-0.4, -0.2) is 60.4 Å². The van der Waals surface area contributed by atoms with Crippen LogP contribution in [0.15, 0.2) is 30.3 Å². The Bertz CT molecular complexity index is 563. The number of benzene rings is 1. The fourth-order valence-electron chi connectivity index (χ4n) is 3.00. The Morgan fingerprint density at radius 1 is 1.08 bits per heavy atom. The molecule has 1 aliphatic rings. The minimum Gasteiger partial charge on any atom is -0.339 e. The van der Waals surface area contributed by atoms with E-state index in [-0.39, 0.29) is 23.3 Å². The summed E-state index contributed by atoms with van der Waals surface area (Å²) in [4.78, 5) is 27.4. The molecule has 5 heteroatoms. The second-order valence-corrected chi connectivity index (χ2v) is 7.08. The van der Waals surface area contributed by atoms with Crippen molar-refractivity contribution in [2.45, 2.75) is 39.2 Å². The third-order valence-corrected chi connectivity index (χ3v) is 5.24. The van der Waals surface area contributed by atoms with Crippen LogP contribution in [0.3, 0.4) is 0 Å². The van der Waals surface area contributed by atoms with Crippen LogP contribution in [0, 0.1) is 0 Å². The van der Waals surface area contributed by atoms with Gasteiger partial charge in [-0.2, -0.15) is 0 Å². The Kier molecular flexibility index (Phi) is 5.99. The van der Waals surface area contributed by atoms with Crippen molar-refractivity contribution >= 4 is 11.8 Å².